The van der Waals surface area contributed by atoms with Crippen molar-refractivity contribution in [1.29, 1.82) is 0 Å². The lowest BCUT2D eigenvalue weighted by atomic mass is 9.98. The van der Waals surface area contributed by atoms with Gasteiger partial charge in [-0.05, 0) is 22.4 Å². The quantitative estimate of drug-likeness (QED) is 0.771. The zero-order valence-electron chi connectivity index (χ0n) is 8.10. The Bertz CT molecular complexity index is 363. The van der Waals surface area contributed by atoms with E-state index in [0.29, 0.717) is 0 Å². The van der Waals surface area contributed by atoms with E-state index in [1.54, 1.807) is 0 Å². The maximum atomic E-state index is 12.2. The van der Waals surface area contributed by atoms with Crippen molar-refractivity contribution >= 4 is 17.1 Å². The number of thiophene rings is 1. The highest BCUT2D eigenvalue weighted by atomic mass is 32.1. The molecule has 1 aromatic rings. The van der Waals surface area contributed by atoms with Crippen molar-refractivity contribution in [3.8, 4) is 0 Å². The van der Waals surface area contributed by atoms with Gasteiger partial charge in [-0.1, -0.05) is 0 Å². The minimum atomic E-state index is -5.61. The first-order valence-corrected chi connectivity index (χ1v) is 5.24. The van der Waals surface area contributed by atoms with E-state index in [4.69, 9.17) is 0 Å². The second-order valence-corrected chi connectivity index (χ2v) is 4.07. The van der Waals surface area contributed by atoms with E-state index in [2.05, 4.69) is 0 Å². The Morgan fingerprint density at radius 3 is 2.06 bits per heavy atom. The van der Waals surface area contributed by atoms with Gasteiger partial charge in [-0.3, -0.25) is 4.79 Å². The summed E-state index contributed by atoms with van der Waals surface area (Å²) in [7, 11) is 0. The molecular formula is C9H6F6OS. The van der Waals surface area contributed by atoms with E-state index in [9.17, 15) is 31.1 Å². The van der Waals surface area contributed by atoms with Gasteiger partial charge >= 0.3 is 12.4 Å². The van der Waals surface area contributed by atoms with Gasteiger partial charge in [0.1, 0.15) is 0 Å². The average Bonchev–Trinajstić information content (AvgIpc) is 2.49. The molecule has 0 saturated heterocycles. The lowest BCUT2D eigenvalue weighted by molar-refractivity contribution is -0.273. The van der Waals surface area contributed by atoms with Gasteiger partial charge in [0.05, 0.1) is 0 Å². The molecule has 0 atom stereocenters. The summed E-state index contributed by atoms with van der Waals surface area (Å²) < 4.78 is 72.9. The predicted octanol–water partition coefficient (Wildman–Crippen LogP) is 3.60. The number of carbonyl (C=O) groups excluding carboxylic acids is 1. The van der Waals surface area contributed by atoms with E-state index in [1.165, 1.54) is 16.8 Å². The smallest absolute Gasteiger partial charge is 0.298 e. The monoisotopic (exact) mass is 276 g/mol. The van der Waals surface area contributed by atoms with Gasteiger partial charge in [0.2, 0.25) is 5.92 Å². The van der Waals surface area contributed by atoms with E-state index < -0.39 is 30.5 Å². The Labute approximate surface area is 96.1 Å². The molecule has 96 valence electrons. The van der Waals surface area contributed by atoms with Crippen LogP contribution in [0.5, 0.6) is 0 Å². The van der Waals surface area contributed by atoms with Crippen LogP contribution in [0.25, 0.3) is 0 Å². The molecular weight excluding hydrogens is 270 g/mol. The molecule has 0 bridgehead atoms. The van der Waals surface area contributed by atoms with Crippen molar-refractivity contribution in [2.75, 3.05) is 0 Å². The van der Waals surface area contributed by atoms with Gasteiger partial charge in [0.25, 0.3) is 0 Å². The largest absolute Gasteiger partial charge is 0.407 e. The number of hydrogen-bond donors (Lipinski definition) is 0. The Balaban J connectivity index is 2.89. The van der Waals surface area contributed by atoms with Gasteiger partial charge < -0.3 is 0 Å². The molecule has 1 aromatic heterocycles. The van der Waals surface area contributed by atoms with Gasteiger partial charge in [-0.15, -0.1) is 0 Å². The highest BCUT2D eigenvalue weighted by Crippen LogP contribution is 2.40. The van der Waals surface area contributed by atoms with E-state index in [1.807, 2.05) is 0 Å². The van der Waals surface area contributed by atoms with Crippen molar-refractivity contribution in [2.24, 2.45) is 5.92 Å². The van der Waals surface area contributed by atoms with E-state index in [-0.39, 0.29) is 5.56 Å². The third-order valence-corrected chi connectivity index (χ3v) is 2.67. The number of halogens is 6. The summed E-state index contributed by atoms with van der Waals surface area (Å²) in [5.41, 5.74) is 0.151. The van der Waals surface area contributed by atoms with Gasteiger partial charge in [-0.25, -0.2) is 0 Å². The topological polar surface area (TPSA) is 17.1 Å². The molecule has 0 saturated carbocycles. The predicted molar refractivity (Wildman–Crippen MR) is 48.6 cm³/mol. The van der Waals surface area contributed by atoms with Crippen molar-refractivity contribution < 1.29 is 31.1 Å². The highest BCUT2D eigenvalue weighted by Gasteiger charge is 2.60. The molecule has 8 heteroatoms. The van der Waals surface area contributed by atoms with Crippen LogP contribution in [0.3, 0.4) is 0 Å². The van der Waals surface area contributed by atoms with Crippen LogP contribution in [0, 0.1) is 5.92 Å². The summed E-state index contributed by atoms with van der Waals surface area (Å²) in [4.78, 5) is 11.1. The highest BCUT2D eigenvalue weighted by molar-refractivity contribution is 7.07. The summed E-state index contributed by atoms with van der Waals surface area (Å²) in [6.45, 7) is 0. The SMILES string of the molecule is O=C(Cc1ccsc1)C(C(F)(F)F)C(F)(F)F. The molecule has 1 heterocycles. The Kier molecular flexibility index (Phi) is 3.85. The summed E-state index contributed by atoms with van der Waals surface area (Å²) in [5, 5.41) is 2.81. The third-order valence-electron chi connectivity index (χ3n) is 1.94. The fourth-order valence-electron chi connectivity index (χ4n) is 1.25. The fraction of sp³-hybridized carbons (Fsp3) is 0.444. The number of carbonyl (C=O) groups is 1. The lowest BCUT2D eigenvalue weighted by Gasteiger charge is -2.21. The van der Waals surface area contributed by atoms with Crippen LogP contribution in [-0.2, 0) is 11.2 Å². The average molecular weight is 276 g/mol. The molecule has 0 aliphatic heterocycles. The number of Topliss-reactive ketones (excluding diaryl/α,β-unsaturated/α-hetero) is 1. The number of alkyl halides is 6. The van der Waals surface area contributed by atoms with Gasteiger partial charge in [-0.2, -0.15) is 37.7 Å². The number of ketones is 1. The Morgan fingerprint density at radius 1 is 1.18 bits per heavy atom. The zero-order valence-corrected chi connectivity index (χ0v) is 8.92. The summed E-state index contributed by atoms with van der Waals surface area (Å²) in [6.07, 6.45) is -12.1. The van der Waals surface area contributed by atoms with Crippen LogP contribution in [0.2, 0.25) is 0 Å². The van der Waals surface area contributed by atoms with Crippen LogP contribution in [-0.4, -0.2) is 18.1 Å². The third kappa shape index (κ3) is 3.72. The van der Waals surface area contributed by atoms with Crippen molar-refractivity contribution in [3.05, 3.63) is 22.4 Å². The molecule has 0 unspecified atom stereocenters. The zero-order chi connectivity index (χ0) is 13.3. The Hall–Kier alpha value is -1.05. The lowest BCUT2D eigenvalue weighted by Crippen LogP contribution is -2.43. The van der Waals surface area contributed by atoms with Crippen LogP contribution >= 0.6 is 11.3 Å². The van der Waals surface area contributed by atoms with Gasteiger partial charge in [0.15, 0.2) is 5.78 Å². The van der Waals surface area contributed by atoms with Crippen LogP contribution in [0.15, 0.2) is 16.8 Å². The fourth-order valence-corrected chi connectivity index (χ4v) is 1.92. The summed E-state index contributed by atoms with van der Waals surface area (Å²) >= 11 is 1.09. The molecule has 0 spiro atoms. The van der Waals surface area contributed by atoms with Crippen LogP contribution in [0.4, 0.5) is 26.3 Å². The maximum absolute atomic E-state index is 12.2. The Morgan fingerprint density at radius 2 is 1.71 bits per heavy atom. The molecule has 1 nitrogen and oxygen atoms in total. The second-order valence-electron chi connectivity index (χ2n) is 3.29. The van der Waals surface area contributed by atoms with Crippen LogP contribution < -0.4 is 0 Å². The summed E-state index contributed by atoms with van der Waals surface area (Å²) in [5.74, 6) is -5.79. The van der Waals surface area contributed by atoms with E-state index in [0.717, 1.165) is 11.3 Å². The minimum Gasteiger partial charge on any atom is -0.298 e. The van der Waals surface area contributed by atoms with Crippen molar-refractivity contribution in [3.63, 3.8) is 0 Å². The molecule has 0 N–H and O–H groups in total. The van der Waals surface area contributed by atoms with Crippen LogP contribution in [0.1, 0.15) is 5.56 Å². The molecule has 0 aliphatic rings. The normalized spacial score (nSPS) is 13.1. The number of hydrogen-bond acceptors (Lipinski definition) is 2. The maximum Gasteiger partial charge on any atom is 0.407 e. The van der Waals surface area contributed by atoms with E-state index >= 15 is 0 Å². The standard InChI is InChI=1S/C9H6F6OS/c10-8(11,12)7(9(13,14)15)6(16)3-5-1-2-17-4-5/h1-2,4,7H,3H2. The molecule has 0 amide bonds. The molecule has 0 aliphatic carbocycles. The number of rotatable bonds is 3. The van der Waals surface area contributed by atoms with Gasteiger partial charge in [0, 0.05) is 6.42 Å². The molecule has 0 aromatic carbocycles. The molecule has 1 rings (SSSR count). The minimum absolute atomic E-state index is 0.151. The first-order chi connectivity index (χ1) is 7.62. The molecule has 0 radical (unpaired) electrons. The first kappa shape index (κ1) is 14.0. The van der Waals surface area contributed by atoms with Crippen molar-refractivity contribution in [1.82, 2.24) is 0 Å². The molecule has 17 heavy (non-hydrogen) atoms. The second kappa shape index (κ2) is 4.67. The molecule has 0 fully saturated rings. The summed E-state index contributed by atoms with van der Waals surface area (Å²) in [6, 6.07) is 1.31. The first-order valence-electron chi connectivity index (χ1n) is 4.29. The van der Waals surface area contributed by atoms with Crippen molar-refractivity contribution in [2.45, 2.75) is 18.8 Å².